The summed E-state index contributed by atoms with van der Waals surface area (Å²) in [6.07, 6.45) is 0.251. The lowest BCUT2D eigenvalue weighted by Gasteiger charge is -2.08. The van der Waals surface area contributed by atoms with Crippen molar-refractivity contribution in [1.29, 1.82) is 0 Å². The number of ether oxygens (including phenoxy) is 1. The number of nitrogens with one attached hydrogen (secondary N) is 2. The van der Waals surface area contributed by atoms with Gasteiger partial charge in [0.25, 0.3) is 5.91 Å². The van der Waals surface area contributed by atoms with Crippen LogP contribution in [0.5, 0.6) is 5.75 Å². The predicted molar refractivity (Wildman–Crippen MR) is 86.2 cm³/mol. The summed E-state index contributed by atoms with van der Waals surface area (Å²) >= 11 is 1.47. The van der Waals surface area contributed by atoms with E-state index in [2.05, 4.69) is 10.6 Å². The number of carbonyl (C=O) groups is 2. The van der Waals surface area contributed by atoms with E-state index in [0.717, 1.165) is 5.75 Å². The molecule has 0 spiro atoms. The molecule has 2 aromatic rings. The van der Waals surface area contributed by atoms with Crippen molar-refractivity contribution in [2.24, 2.45) is 0 Å². The van der Waals surface area contributed by atoms with Gasteiger partial charge in [-0.1, -0.05) is 18.2 Å². The van der Waals surface area contributed by atoms with Gasteiger partial charge in [-0.05, 0) is 23.6 Å². The maximum absolute atomic E-state index is 11.6. The molecule has 116 valence electrons. The summed E-state index contributed by atoms with van der Waals surface area (Å²) in [5, 5.41) is 9.07. The van der Waals surface area contributed by atoms with Gasteiger partial charge in [0.2, 0.25) is 5.91 Å². The summed E-state index contributed by atoms with van der Waals surface area (Å²) < 4.78 is 5.46. The first-order valence-electron chi connectivity index (χ1n) is 7.00. The molecule has 5 nitrogen and oxygen atoms in total. The molecular formula is C16H18N2O3S. The molecule has 6 heteroatoms. The molecular weight excluding hydrogens is 300 g/mol. The van der Waals surface area contributed by atoms with Gasteiger partial charge in [0.15, 0.2) is 0 Å². The fourth-order valence-electron chi connectivity index (χ4n) is 1.75. The smallest absolute Gasteiger partial charge is 0.252 e. The lowest BCUT2D eigenvalue weighted by Crippen LogP contribution is -2.32. The quantitative estimate of drug-likeness (QED) is 0.732. The molecule has 2 rings (SSSR count). The van der Waals surface area contributed by atoms with Crippen molar-refractivity contribution in [3.8, 4) is 5.75 Å². The Morgan fingerprint density at radius 3 is 2.59 bits per heavy atom. The van der Waals surface area contributed by atoms with E-state index >= 15 is 0 Å². The zero-order valence-electron chi connectivity index (χ0n) is 12.1. The number of carbonyl (C=O) groups excluding carboxylic acids is 2. The van der Waals surface area contributed by atoms with Crippen molar-refractivity contribution < 1.29 is 14.3 Å². The van der Waals surface area contributed by atoms with Crippen LogP contribution in [-0.2, 0) is 4.79 Å². The Morgan fingerprint density at radius 2 is 1.86 bits per heavy atom. The Morgan fingerprint density at radius 1 is 1.05 bits per heavy atom. The second-order valence-corrected chi connectivity index (χ2v) is 5.31. The first-order valence-corrected chi connectivity index (χ1v) is 7.95. The van der Waals surface area contributed by atoms with Crippen molar-refractivity contribution >= 4 is 23.2 Å². The van der Waals surface area contributed by atoms with Gasteiger partial charge in [-0.15, -0.1) is 0 Å². The standard InChI is InChI=1S/C16H18N2O3S/c19-15(6-8-18-16(20)13-7-11-22-12-13)17-9-10-21-14-4-2-1-3-5-14/h1-5,7,11-12H,6,8-10H2,(H,17,19)(H,18,20). The average Bonchev–Trinajstić information content (AvgIpc) is 3.07. The second kappa shape index (κ2) is 8.84. The first-order chi connectivity index (χ1) is 10.8. The van der Waals surface area contributed by atoms with E-state index < -0.39 is 0 Å². The summed E-state index contributed by atoms with van der Waals surface area (Å²) in [6.45, 7) is 1.17. The minimum absolute atomic E-state index is 0.109. The monoisotopic (exact) mass is 318 g/mol. The average molecular weight is 318 g/mol. The highest BCUT2D eigenvalue weighted by molar-refractivity contribution is 7.08. The molecule has 0 unspecified atom stereocenters. The van der Waals surface area contributed by atoms with Gasteiger partial charge in [-0.3, -0.25) is 9.59 Å². The maximum atomic E-state index is 11.6. The summed E-state index contributed by atoms with van der Waals surface area (Å²) in [5.41, 5.74) is 0.627. The molecule has 2 amide bonds. The van der Waals surface area contributed by atoms with E-state index in [-0.39, 0.29) is 18.2 Å². The van der Waals surface area contributed by atoms with Crippen LogP contribution in [0.4, 0.5) is 0 Å². The van der Waals surface area contributed by atoms with Crippen LogP contribution >= 0.6 is 11.3 Å². The van der Waals surface area contributed by atoms with Gasteiger partial charge in [-0.25, -0.2) is 0 Å². The molecule has 0 fully saturated rings. The van der Waals surface area contributed by atoms with E-state index in [1.165, 1.54) is 11.3 Å². The summed E-state index contributed by atoms with van der Waals surface area (Å²) in [5.74, 6) is 0.517. The van der Waals surface area contributed by atoms with Crippen LogP contribution in [0.1, 0.15) is 16.8 Å². The number of amides is 2. The van der Waals surface area contributed by atoms with E-state index in [1.807, 2.05) is 35.7 Å². The highest BCUT2D eigenvalue weighted by atomic mass is 32.1. The van der Waals surface area contributed by atoms with Crippen LogP contribution in [0, 0.1) is 0 Å². The Labute approximate surface area is 133 Å². The van der Waals surface area contributed by atoms with Crippen molar-refractivity contribution in [2.75, 3.05) is 19.7 Å². The van der Waals surface area contributed by atoms with Crippen molar-refractivity contribution in [3.63, 3.8) is 0 Å². The van der Waals surface area contributed by atoms with Crippen LogP contribution in [-0.4, -0.2) is 31.5 Å². The van der Waals surface area contributed by atoms with Gasteiger partial charge >= 0.3 is 0 Å². The van der Waals surface area contributed by atoms with Crippen molar-refractivity contribution in [2.45, 2.75) is 6.42 Å². The molecule has 22 heavy (non-hydrogen) atoms. The first kappa shape index (κ1) is 16.0. The Kier molecular flexibility index (Phi) is 6.44. The molecule has 0 saturated carbocycles. The minimum atomic E-state index is -0.151. The van der Waals surface area contributed by atoms with Gasteiger partial charge in [0.1, 0.15) is 12.4 Å². The highest BCUT2D eigenvalue weighted by Gasteiger charge is 2.06. The molecule has 2 N–H and O–H groups in total. The van der Waals surface area contributed by atoms with Crippen molar-refractivity contribution in [1.82, 2.24) is 10.6 Å². The Balaban J connectivity index is 1.54. The van der Waals surface area contributed by atoms with Crippen LogP contribution in [0.3, 0.4) is 0 Å². The molecule has 0 aliphatic carbocycles. The topological polar surface area (TPSA) is 67.4 Å². The largest absolute Gasteiger partial charge is 0.492 e. The Hall–Kier alpha value is -2.34. The summed E-state index contributed by atoms with van der Waals surface area (Å²) in [6, 6.07) is 11.2. The number of hydrogen-bond donors (Lipinski definition) is 2. The molecule has 1 aromatic heterocycles. The number of benzene rings is 1. The van der Waals surface area contributed by atoms with Gasteiger partial charge in [-0.2, -0.15) is 11.3 Å². The summed E-state index contributed by atoms with van der Waals surface area (Å²) in [4.78, 5) is 23.3. The SMILES string of the molecule is O=C(CCNC(=O)c1ccsc1)NCCOc1ccccc1. The number of rotatable bonds is 8. The lowest BCUT2D eigenvalue weighted by atomic mass is 10.3. The van der Waals surface area contributed by atoms with E-state index in [9.17, 15) is 9.59 Å². The maximum Gasteiger partial charge on any atom is 0.252 e. The van der Waals surface area contributed by atoms with Gasteiger partial charge in [0.05, 0.1) is 6.54 Å². The highest BCUT2D eigenvalue weighted by Crippen LogP contribution is 2.07. The van der Waals surface area contributed by atoms with Crippen LogP contribution in [0.2, 0.25) is 0 Å². The third kappa shape index (κ3) is 5.57. The molecule has 0 aliphatic heterocycles. The fourth-order valence-corrected chi connectivity index (χ4v) is 2.39. The van der Waals surface area contributed by atoms with Crippen molar-refractivity contribution in [3.05, 3.63) is 52.7 Å². The lowest BCUT2D eigenvalue weighted by molar-refractivity contribution is -0.121. The van der Waals surface area contributed by atoms with Gasteiger partial charge in [0, 0.05) is 23.9 Å². The number of para-hydroxylation sites is 1. The number of thiophene rings is 1. The summed E-state index contributed by atoms with van der Waals surface area (Å²) in [7, 11) is 0. The number of hydrogen-bond acceptors (Lipinski definition) is 4. The fraction of sp³-hybridized carbons (Fsp3) is 0.250. The van der Waals surface area contributed by atoms with Crippen LogP contribution in [0.15, 0.2) is 47.2 Å². The molecule has 0 aliphatic rings. The molecule has 1 aromatic carbocycles. The van der Waals surface area contributed by atoms with Gasteiger partial charge < -0.3 is 15.4 Å². The van der Waals surface area contributed by atoms with Crippen LogP contribution < -0.4 is 15.4 Å². The zero-order chi connectivity index (χ0) is 15.6. The molecule has 0 atom stereocenters. The molecule has 0 bridgehead atoms. The zero-order valence-corrected chi connectivity index (χ0v) is 12.9. The third-order valence-corrected chi connectivity index (χ3v) is 3.54. The van der Waals surface area contributed by atoms with E-state index in [1.54, 1.807) is 11.4 Å². The second-order valence-electron chi connectivity index (χ2n) is 4.53. The van der Waals surface area contributed by atoms with E-state index in [0.29, 0.717) is 25.3 Å². The predicted octanol–water partition coefficient (Wildman–Crippen LogP) is 2.06. The molecule has 0 saturated heterocycles. The Bertz CT molecular complexity index is 585. The third-order valence-electron chi connectivity index (χ3n) is 2.86. The normalized spacial score (nSPS) is 10.0. The molecule has 1 heterocycles. The molecule has 0 radical (unpaired) electrons. The van der Waals surface area contributed by atoms with Crippen LogP contribution in [0.25, 0.3) is 0 Å². The van der Waals surface area contributed by atoms with E-state index in [4.69, 9.17) is 4.74 Å². The minimum Gasteiger partial charge on any atom is -0.492 e.